The molecule has 0 amide bonds. The summed E-state index contributed by atoms with van der Waals surface area (Å²) in [6.45, 7) is 7.48. The molecule has 0 aliphatic heterocycles. The van der Waals surface area contributed by atoms with Crippen LogP contribution in [0, 0.1) is 0 Å². The molecule has 19 nitrogen and oxygen atoms in total. The van der Waals surface area contributed by atoms with Crippen LogP contribution in [0.5, 0.6) is 0 Å². The summed E-state index contributed by atoms with van der Waals surface area (Å²) in [7, 11) is -42.6. The van der Waals surface area contributed by atoms with Crippen LogP contribution in [0.15, 0.2) is 0 Å². The van der Waals surface area contributed by atoms with Gasteiger partial charge in [-0.15, -0.1) is 0 Å². The summed E-state index contributed by atoms with van der Waals surface area (Å²) in [5, 5.41) is 0. The summed E-state index contributed by atoms with van der Waals surface area (Å²) in [6, 6.07) is 0.279. The van der Waals surface area contributed by atoms with E-state index in [0.29, 0.717) is 19.8 Å². The fourth-order valence-corrected chi connectivity index (χ4v) is 299. The minimum Gasteiger partial charge on any atom is -0.440 e. The highest BCUT2D eigenvalue weighted by Crippen LogP contribution is 2.47. The van der Waals surface area contributed by atoms with E-state index in [2.05, 4.69) is 0 Å². The van der Waals surface area contributed by atoms with Crippen molar-refractivity contribution in [2.24, 2.45) is 0 Å². The van der Waals surface area contributed by atoms with Crippen molar-refractivity contribution in [1.82, 2.24) is 0 Å². The molecule has 326 valence electrons. The maximum atomic E-state index is 13.3. The Hall–Kier alpha value is 3.14. The SMILES string of the molecule is CCO[Si](CC[Si](C)(O)[Si]([SiH3])(OC)[Si](O[SiH2]O)([Si](C)(C)O)[Si](O[Si](C)(C)O[Si](C)(C)C)(O[Si](O[SiH2]O)([SiH2]O)[SiH2]O)[Si](O[SiH2]O)([SiH2]O)[SiH2]O)(OCC)OCC. The van der Waals surface area contributed by atoms with Crippen LogP contribution in [0.2, 0.25) is 64.5 Å². The first-order chi connectivity index (χ1) is 24.7. The highest BCUT2D eigenvalue weighted by molar-refractivity contribution is 8.10. The van der Waals surface area contributed by atoms with Crippen LogP contribution < -0.4 is 0 Å². The molecular weight excluding hydrogens is 1010 g/mol. The zero-order valence-electron chi connectivity index (χ0n) is 34.6. The van der Waals surface area contributed by atoms with Crippen molar-refractivity contribution in [3.8, 4) is 0 Å². The molecule has 0 saturated carbocycles. The van der Waals surface area contributed by atoms with Crippen molar-refractivity contribution in [1.29, 1.82) is 0 Å². The molecule has 9 N–H and O–H groups in total. The molecule has 0 saturated heterocycles. The lowest BCUT2D eigenvalue weighted by atomic mass is 10.9. The number of rotatable bonds is 31. The minimum atomic E-state index is -5.03. The molecule has 4 unspecified atom stereocenters. The van der Waals surface area contributed by atoms with Gasteiger partial charge < -0.3 is 85.6 Å². The standard InChI is InChI=1S/C17H72O19Si18/c1-13-28-49(29-14-2,30-15-3)17-16-48(12,26)52(37,27-4)54(33-40-20,46(8,9)25)51(53(43-23,44-24)32-39-19,35-47(10,11)34-45(5,6)7)36-50(41-21,42-22)31-38-18/h18-26H,13-17,38-44H2,1-12,37H3. The third kappa shape index (κ3) is 12.9. The smallest absolute Gasteiger partial charge is 0.440 e. The van der Waals surface area contributed by atoms with E-state index in [1.165, 1.54) is 7.11 Å². The van der Waals surface area contributed by atoms with Crippen molar-refractivity contribution in [2.75, 3.05) is 26.9 Å². The van der Waals surface area contributed by atoms with Crippen LogP contribution in [0.25, 0.3) is 0 Å². The van der Waals surface area contributed by atoms with Gasteiger partial charge in [-0.3, -0.25) is 0 Å². The lowest BCUT2D eigenvalue weighted by Gasteiger charge is -2.64. The van der Waals surface area contributed by atoms with Crippen molar-refractivity contribution < 1.29 is 85.6 Å². The second kappa shape index (κ2) is 23.5. The van der Waals surface area contributed by atoms with Gasteiger partial charge in [-0.25, -0.2) is 0 Å². The van der Waals surface area contributed by atoms with Crippen molar-refractivity contribution in [2.45, 2.75) is 85.2 Å². The van der Waals surface area contributed by atoms with E-state index in [1.807, 2.05) is 40.4 Å². The van der Waals surface area contributed by atoms with E-state index in [1.54, 1.807) is 32.7 Å². The van der Waals surface area contributed by atoms with Gasteiger partial charge in [-0.05, 0) is 79.2 Å². The minimum absolute atomic E-state index is 0.0594. The van der Waals surface area contributed by atoms with Gasteiger partial charge in [0.15, 0.2) is 34.7 Å². The first kappa shape index (κ1) is 57.1. The molecule has 0 aromatic carbocycles. The maximum absolute atomic E-state index is 13.3. The van der Waals surface area contributed by atoms with Gasteiger partial charge in [0.2, 0.25) is 33.3 Å². The maximum Gasteiger partial charge on any atom is 0.500 e. The molecule has 54 heavy (non-hydrogen) atoms. The molecule has 0 aromatic rings. The molecule has 0 spiro atoms. The van der Waals surface area contributed by atoms with E-state index in [9.17, 15) is 43.2 Å². The Kier molecular flexibility index (Phi) is 24.9. The lowest BCUT2D eigenvalue weighted by Crippen LogP contribution is -3.05. The lowest BCUT2D eigenvalue weighted by molar-refractivity contribution is 0.0723. The van der Waals surface area contributed by atoms with Crippen LogP contribution in [0.4, 0.5) is 0 Å². The molecule has 0 fully saturated rings. The van der Waals surface area contributed by atoms with Gasteiger partial charge >= 0.3 is 32.6 Å². The molecule has 0 aromatic heterocycles. The van der Waals surface area contributed by atoms with E-state index in [0.717, 1.165) is 0 Å². The third-order valence-corrected chi connectivity index (χ3v) is 192. The van der Waals surface area contributed by atoms with E-state index in [-0.39, 0.29) is 21.8 Å². The van der Waals surface area contributed by atoms with Crippen LogP contribution in [-0.2, 0) is 42.4 Å². The summed E-state index contributed by atoms with van der Waals surface area (Å²) in [6.07, 6.45) is 0. The monoisotopic (exact) mass is 1080 g/mol. The summed E-state index contributed by atoms with van der Waals surface area (Å²) in [5.41, 5.74) is 0. The molecular formula is C17H72O19Si18. The first-order valence-electron chi connectivity index (χ1n) is 17.9. The first-order valence-corrected chi connectivity index (χ1v) is 65.0. The topological polar surface area (TPSA) is 274 Å². The van der Waals surface area contributed by atoms with Gasteiger partial charge in [0, 0.05) is 42.7 Å². The van der Waals surface area contributed by atoms with Crippen molar-refractivity contribution >= 4 is 154 Å². The number of hydrogen-bond acceptors (Lipinski definition) is 19. The molecule has 0 heterocycles. The Balaban J connectivity index is 9.21. The Labute approximate surface area is 349 Å². The molecule has 37 heteroatoms. The summed E-state index contributed by atoms with van der Waals surface area (Å²) < 4.78 is 66.0. The zero-order valence-corrected chi connectivity index (χ0v) is 56.5. The Morgan fingerprint density at radius 2 is 1.02 bits per heavy atom. The Morgan fingerprint density at radius 3 is 1.33 bits per heavy atom. The molecule has 0 rings (SSSR count). The predicted octanol–water partition coefficient (Wildman–Crippen LogP) is -9.68. The Morgan fingerprint density at radius 1 is 0.574 bits per heavy atom. The highest BCUT2D eigenvalue weighted by Gasteiger charge is 2.89. The molecule has 0 aliphatic rings. The van der Waals surface area contributed by atoms with Crippen LogP contribution in [0.1, 0.15) is 20.8 Å². The van der Waals surface area contributed by atoms with E-state index in [4.69, 9.17) is 42.4 Å². The second-order valence-electron chi connectivity index (χ2n) is 15.0. The summed E-state index contributed by atoms with van der Waals surface area (Å²) in [4.78, 5) is 104. The molecule has 0 bridgehead atoms. The summed E-state index contributed by atoms with van der Waals surface area (Å²) >= 11 is 0. The van der Waals surface area contributed by atoms with Crippen LogP contribution >= 0.6 is 0 Å². The fraction of sp³-hybridized carbons (Fsp3) is 1.00. The average molecular weight is 1090 g/mol. The van der Waals surface area contributed by atoms with Gasteiger partial charge in [-0.2, -0.15) is 0 Å². The predicted molar refractivity (Wildman–Crippen MR) is 252 cm³/mol. The largest absolute Gasteiger partial charge is 0.500 e. The fourth-order valence-electron chi connectivity index (χ4n) is 7.14. The second-order valence-corrected chi connectivity index (χ2v) is 119. The van der Waals surface area contributed by atoms with Gasteiger partial charge in [0.25, 0.3) is 43.8 Å². The molecule has 4 atom stereocenters. The highest BCUT2D eigenvalue weighted by atomic mass is 30.3. The Bertz CT molecular complexity index is 1070. The normalized spacial score (nSPS) is 21.9. The quantitative estimate of drug-likeness (QED) is 0.0292. The van der Waals surface area contributed by atoms with Crippen LogP contribution in [0.3, 0.4) is 0 Å². The summed E-state index contributed by atoms with van der Waals surface area (Å²) in [5.74, 6) is 0. The van der Waals surface area contributed by atoms with Gasteiger partial charge in [-0.1, -0.05) is 0 Å². The number of hydrogen-bond donors (Lipinski definition) is 9. The molecule has 0 radical (unpaired) electrons. The third-order valence-electron chi connectivity index (χ3n) is 9.26. The van der Waals surface area contributed by atoms with E-state index < -0.39 is 144 Å². The average Bonchev–Trinajstić information content (AvgIpc) is 3.06. The van der Waals surface area contributed by atoms with Crippen LogP contribution in [-0.4, -0.2) is 224 Å². The van der Waals surface area contributed by atoms with E-state index >= 15 is 0 Å². The van der Waals surface area contributed by atoms with Gasteiger partial charge in [0.1, 0.15) is 0 Å². The van der Waals surface area contributed by atoms with Crippen molar-refractivity contribution in [3.05, 3.63) is 0 Å². The van der Waals surface area contributed by atoms with Crippen molar-refractivity contribution in [3.63, 3.8) is 0 Å². The van der Waals surface area contributed by atoms with Gasteiger partial charge in [0.05, 0.1) is 0 Å². The molecule has 0 aliphatic carbocycles. The zero-order chi connectivity index (χ0) is 42.6.